The fraction of sp³-hybridized carbons (Fsp3) is 0. The van der Waals surface area contributed by atoms with Crippen LogP contribution in [0.1, 0.15) is 0 Å². The van der Waals surface area contributed by atoms with Crippen molar-refractivity contribution in [3.63, 3.8) is 0 Å². The van der Waals surface area contributed by atoms with Gasteiger partial charge in [-0.25, -0.2) is 4.98 Å². The third kappa shape index (κ3) is 5.51. The summed E-state index contributed by atoms with van der Waals surface area (Å²) >= 11 is 0. The molecular weight excluding hydrogens is 677 g/mol. The van der Waals surface area contributed by atoms with Crippen molar-refractivity contribution < 1.29 is 20.1 Å². The third-order valence-corrected chi connectivity index (χ3v) is 7.25. The molecule has 0 aliphatic heterocycles. The maximum atomic E-state index is 5.02. The number of aromatic nitrogens is 2. The predicted octanol–water partition coefficient (Wildman–Crippen LogP) is 9.76. The summed E-state index contributed by atoms with van der Waals surface area (Å²) in [6.07, 6.45) is 1.87. The average molecular weight is 702 g/mol. The second kappa shape index (κ2) is 11.8. The molecule has 197 valence electrons. The van der Waals surface area contributed by atoms with Gasteiger partial charge in [0, 0.05) is 37.4 Å². The van der Waals surface area contributed by atoms with Crippen LogP contribution in [0.5, 0.6) is 0 Å². The van der Waals surface area contributed by atoms with Crippen molar-refractivity contribution in [2.24, 2.45) is 0 Å². The quantitative estimate of drug-likeness (QED) is 0.167. The maximum Gasteiger partial charge on any atom is 0.0715 e. The minimum atomic E-state index is 0. The van der Waals surface area contributed by atoms with Gasteiger partial charge in [0.25, 0.3) is 0 Å². The molecule has 0 unspecified atom stereocenters. The van der Waals surface area contributed by atoms with E-state index in [1.165, 1.54) is 5.39 Å². The molecule has 0 N–H and O–H groups in total. The number of pyridine rings is 2. The molecule has 0 aliphatic carbocycles. The molecule has 3 heteroatoms. The van der Waals surface area contributed by atoms with Crippen LogP contribution in [0.3, 0.4) is 0 Å². The summed E-state index contributed by atoms with van der Waals surface area (Å²) < 4.78 is 0. The van der Waals surface area contributed by atoms with Gasteiger partial charge in [-0.1, -0.05) is 109 Å². The molecule has 7 rings (SSSR count). The zero-order valence-electron chi connectivity index (χ0n) is 22.2. The van der Waals surface area contributed by atoms with Gasteiger partial charge >= 0.3 is 0 Å². The van der Waals surface area contributed by atoms with Crippen molar-refractivity contribution in [1.29, 1.82) is 0 Å². The first-order valence-corrected chi connectivity index (χ1v) is 13.4. The maximum absolute atomic E-state index is 5.02. The van der Waals surface area contributed by atoms with Crippen LogP contribution in [0.25, 0.3) is 66.8 Å². The molecule has 0 atom stereocenters. The predicted molar refractivity (Wildman–Crippen MR) is 166 cm³/mol. The second-order valence-electron chi connectivity index (χ2n) is 9.81. The molecule has 0 bridgehead atoms. The molecule has 41 heavy (non-hydrogen) atoms. The molecular formula is C38H25IrN2-. The van der Waals surface area contributed by atoms with E-state index < -0.39 is 0 Å². The Morgan fingerprint density at radius 3 is 1.71 bits per heavy atom. The largest absolute Gasteiger partial charge is 0.304 e. The van der Waals surface area contributed by atoms with E-state index in [0.29, 0.717) is 0 Å². The minimum absolute atomic E-state index is 0. The van der Waals surface area contributed by atoms with E-state index in [0.717, 1.165) is 61.4 Å². The second-order valence-corrected chi connectivity index (χ2v) is 9.81. The van der Waals surface area contributed by atoms with Crippen molar-refractivity contribution in [2.45, 2.75) is 0 Å². The van der Waals surface area contributed by atoms with Gasteiger partial charge in [-0.3, -0.25) is 0 Å². The molecule has 0 aliphatic rings. The summed E-state index contributed by atoms with van der Waals surface area (Å²) in [7, 11) is 0. The van der Waals surface area contributed by atoms with Gasteiger partial charge < -0.3 is 4.98 Å². The Morgan fingerprint density at radius 1 is 0.463 bits per heavy atom. The number of hydrogen-bond donors (Lipinski definition) is 0. The molecule has 7 aromatic rings. The topological polar surface area (TPSA) is 25.8 Å². The zero-order valence-corrected chi connectivity index (χ0v) is 24.6. The molecule has 0 amide bonds. The molecule has 0 saturated heterocycles. The number of fused-ring (bicyclic) bond motifs is 1. The van der Waals surface area contributed by atoms with Crippen LogP contribution < -0.4 is 0 Å². The van der Waals surface area contributed by atoms with Crippen molar-refractivity contribution in [3.8, 4) is 56.0 Å². The van der Waals surface area contributed by atoms with E-state index in [4.69, 9.17) is 9.97 Å². The Balaban J connectivity index is 0.00000302. The molecule has 2 aromatic heterocycles. The Kier molecular flexibility index (Phi) is 7.65. The first-order chi connectivity index (χ1) is 19.8. The van der Waals surface area contributed by atoms with Gasteiger partial charge in [-0.05, 0) is 51.4 Å². The first kappa shape index (κ1) is 26.5. The molecule has 0 spiro atoms. The van der Waals surface area contributed by atoms with Crippen LogP contribution in [-0.2, 0) is 20.1 Å². The summed E-state index contributed by atoms with van der Waals surface area (Å²) in [6.45, 7) is 0. The summed E-state index contributed by atoms with van der Waals surface area (Å²) in [6, 6.07) is 53.9. The summed E-state index contributed by atoms with van der Waals surface area (Å²) in [4.78, 5) is 9.71. The van der Waals surface area contributed by atoms with Gasteiger partial charge in [0.2, 0.25) is 0 Å². The third-order valence-electron chi connectivity index (χ3n) is 7.25. The summed E-state index contributed by atoms with van der Waals surface area (Å²) in [5.41, 5.74) is 10.7. The number of hydrogen-bond acceptors (Lipinski definition) is 2. The van der Waals surface area contributed by atoms with Gasteiger partial charge in [0.15, 0.2) is 0 Å². The summed E-state index contributed by atoms with van der Waals surface area (Å²) in [5, 5.41) is 2.31. The standard InChI is InChI=1S/C38H25N2.Ir/c1-3-11-30(12-4-1)36-25-34(26-37(40-36)31-13-5-2-6-14-31)28-20-18-27(19-21-28)32-15-9-16-33(24-32)38-35-17-8-7-10-29(35)22-23-39-38;/h1-15,17-26H;/q-1;. The Morgan fingerprint density at radius 2 is 1.05 bits per heavy atom. The molecule has 2 nitrogen and oxygen atoms in total. The fourth-order valence-corrected chi connectivity index (χ4v) is 5.18. The number of benzene rings is 5. The van der Waals surface area contributed by atoms with Crippen LogP contribution in [0.4, 0.5) is 0 Å². The van der Waals surface area contributed by atoms with E-state index in [2.05, 4.69) is 127 Å². The van der Waals surface area contributed by atoms with Crippen LogP contribution in [0, 0.1) is 6.07 Å². The van der Waals surface area contributed by atoms with E-state index in [1.807, 2.05) is 30.5 Å². The van der Waals surface area contributed by atoms with Crippen LogP contribution in [-0.4, -0.2) is 9.97 Å². The molecule has 1 radical (unpaired) electrons. The molecule has 2 heterocycles. The van der Waals surface area contributed by atoms with Crippen molar-refractivity contribution in [1.82, 2.24) is 9.97 Å². The van der Waals surface area contributed by atoms with Gasteiger partial charge in [-0.15, -0.1) is 35.4 Å². The zero-order chi connectivity index (χ0) is 26.7. The smallest absolute Gasteiger partial charge is 0.0715 e. The average Bonchev–Trinajstić information content (AvgIpc) is 3.05. The monoisotopic (exact) mass is 702 g/mol. The van der Waals surface area contributed by atoms with Crippen LogP contribution in [0.2, 0.25) is 0 Å². The number of nitrogens with zero attached hydrogens (tertiary/aromatic N) is 2. The Hall–Kier alpha value is -4.69. The normalized spacial score (nSPS) is 10.7. The molecule has 5 aromatic carbocycles. The molecule has 0 saturated carbocycles. The Labute approximate surface area is 253 Å². The number of rotatable bonds is 5. The SMILES string of the molecule is [Ir].[c-]1ccc(-c2ccc(-c3cc(-c4ccccc4)nc(-c4ccccc4)c3)cc2)cc1-c1nccc2ccccc12. The van der Waals surface area contributed by atoms with Crippen molar-refractivity contribution in [3.05, 3.63) is 158 Å². The van der Waals surface area contributed by atoms with Gasteiger partial charge in [-0.2, -0.15) is 0 Å². The Bertz CT molecular complexity index is 1870. The van der Waals surface area contributed by atoms with Gasteiger partial charge in [0.1, 0.15) is 0 Å². The van der Waals surface area contributed by atoms with Crippen LogP contribution >= 0.6 is 0 Å². The fourth-order valence-electron chi connectivity index (χ4n) is 5.18. The van der Waals surface area contributed by atoms with Crippen LogP contribution in [0.15, 0.2) is 152 Å². The van der Waals surface area contributed by atoms with Gasteiger partial charge in [0.05, 0.1) is 11.4 Å². The van der Waals surface area contributed by atoms with E-state index in [9.17, 15) is 0 Å². The molecule has 0 fully saturated rings. The van der Waals surface area contributed by atoms with E-state index >= 15 is 0 Å². The van der Waals surface area contributed by atoms with Crippen molar-refractivity contribution >= 4 is 10.8 Å². The van der Waals surface area contributed by atoms with E-state index in [1.54, 1.807) is 0 Å². The first-order valence-electron chi connectivity index (χ1n) is 13.4. The summed E-state index contributed by atoms with van der Waals surface area (Å²) in [5.74, 6) is 0. The van der Waals surface area contributed by atoms with Crippen molar-refractivity contribution in [2.75, 3.05) is 0 Å². The van der Waals surface area contributed by atoms with E-state index in [-0.39, 0.29) is 20.1 Å². The minimum Gasteiger partial charge on any atom is -0.304 e.